The number of pyridine rings is 1. The van der Waals surface area contributed by atoms with Crippen LogP contribution in [0.25, 0.3) is 11.3 Å². The number of rotatable bonds is 9. The van der Waals surface area contributed by atoms with E-state index in [9.17, 15) is 13.2 Å². The van der Waals surface area contributed by atoms with Gasteiger partial charge in [-0.3, -0.25) is 15.1 Å². The molecule has 3 rings (SSSR count). The van der Waals surface area contributed by atoms with Crippen LogP contribution in [0.4, 0.5) is 5.13 Å². The highest BCUT2D eigenvalue weighted by atomic mass is 32.2. The van der Waals surface area contributed by atoms with Crippen molar-refractivity contribution in [3.63, 3.8) is 0 Å². The molecular weight excluding hydrogens is 420 g/mol. The zero-order chi connectivity index (χ0) is 21.6. The first-order valence-corrected chi connectivity index (χ1v) is 11.3. The van der Waals surface area contributed by atoms with E-state index in [2.05, 4.69) is 28.4 Å². The Morgan fingerprint density at radius 3 is 2.43 bits per heavy atom. The zero-order valence-corrected chi connectivity index (χ0v) is 17.7. The molecule has 0 aliphatic heterocycles. The summed E-state index contributed by atoms with van der Waals surface area (Å²) in [5, 5.41) is 5.00. The van der Waals surface area contributed by atoms with Crippen molar-refractivity contribution < 1.29 is 13.2 Å². The Balaban J connectivity index is 1.73. The molecular formula is C21H20N4O3S2. The first-order valence-electron chi connectivity index (χ1n) is 8.95. The molecule has 0 fully saturated rings. The van der Waals surface area contributed by atoms with E-state index in [4.69, 9.17) is 0 Å². The monoisotopic (exact) mass is 440 g/mol. The molecule has 0 spiro atoms. The summed E-state index contributed by atoms with van der Waals surface area (Å²) in [5.74, 6) is -0.375. The van der Waals surface area contributed by atoms with E-state index in [1.165, 1.54) is 52.1 Å². The summed E-state index contributed by atoms with van der Waals surface area (Å²) in [6.07, 6.45) is 6.39. The molecule has 0 saturated heterocycles. The van der Waals surface area contributed by atoms with Gasteiger partial charge >= 0.3 is 0 Å². The van der Waals surface area contributed by atoms with E-state index in [-0.39, 0.29) is 23.9 Å². The third kappa shape index (κ3) is 4.88. The van der Waals surface area contributed by atoms with E-state index in [1.807, 2.05) is 17.5 Å². The van der Waals surface area contributed by atoms with Crippen molar-refractivity contribution in [2.45, 2.75) is 4.90 Å². The van der Waals surface area contributed by atoms with Crippen LogP contribution in [0.2, 0.25) is 0 Å². The summed E-state index contributed by atoms with van der Waals surface area (Å²) in [7, 11) is -3.71. The molecule has 1 N–H and O–H groups in total. The number of nitrogens with zero attached hydrogens (tertiary/aromatic N) is 3. The number of carbonyl (C=O) groups is 1. The fourth-order valence-electron chi connectivity index (χ4n) is 2.63. The van der Waals surface area contributed by atoms with Gasteiger partial charge in [-0.05, 0) is 36.4 Å². The van der Waals surface area contributed by atoms with Crippen LogP contribution in [0.15, 0.2) is 84.4 Å². The van der Waals surface area contributed by atoms with Crippen molar-refractivity contribution in [3.05, 3.63) is 85.0 Å². The second-order valence-electron chi connectivity index (χ2n) is 6.16. The molecule has 9 heteroatoms. The lowest BCUT2D eigenvalue weighted by Gasteiger charge is -2.19. The van der Waals surface area contributed by atoms with Crippen LogP contribution < -0.4 is 5.32 Å². The molecule has 2 heterocycles. The average molecular weight is 441 g/mol. The van der Waals surface area contributed by atoms with Crippen LogP contribution in [0, 0.1) is 0 Å². The van der Waals surface area contributed by atoms with E-state index in [0.29, 0.717) is 10.7 Å². The SMILES string of the molecule is C=CCN(CC=C)S(=O)(=O)c1ccc(C(=O)Nc2nc(-c3cccnc3)cs2)cc1. The topological polar surface area (TPSA) is 92.3 Å². The van der Waals surface area contributed by atoms with Crippen molar-refractivity contribution in [2.24, 2.45) is 0 Å². The van der Waals surface area contributed by atoms with Crippen LogP contribution in [-0.4, -0.2) is 41.7 Å². The molecule has 7 nitrogen and oxygen atoms in total. The van der Waals surface area contributed by atoms with Gasteiger partial charge in [-0.15, -0.1) is 24.5 Å². The van der Waals surface area contributed by atoms with Gasteiger partial charge in [0.05, 0.1) is 10.6 Å². The van der Waals surface area contributed by atoms with Gasteiger partial charge in [-0.1, -0.05) is 12.2 Å². The Kier molecular flexibility index (Phi) is 6.88. The smallest absolute Gasteiger partial charge is 0.257 e. The number of benzene rings is 1. The molecule has 1 aromatic carbocycles. The van der Waals surface area contributed by atoms with Gasteiger partial charge in [0.2, 0.25) is 10.0 Å². The van der Waals surface area contributed by atoms with Crippen LogP contribution in [0.3, 0.4) is 0 Å². The van der Waals surface area contributed by atoms with E-state index >= 15 is 0 Å². The van der Waals surface area contributed by atoms with Gasteiger partial charge < -0.3 is 0 Å². The van der Waals surface area contributed by atoms with E-state index < -0.39 is 10.0 Å². The number of carbonyl (C=O) groups excluding carboxylic acids is 1. The van der Waals surface area contributed by atoms with Crippen molar-refractivity contribution in [3.8, 4) is 11.3 Å². The van der Waals surface area contributed by atoms with E-state index in [0.717, 1.165) is 11.3 Å². The molecule has 0 aliphatic carbocycles. The second kappa shape index (κ2) is 9.57. The van der Waals surface area contributed by atoms with Gasteiger partial charge in [-0.25, -0.2) is 13.4 Å². The second-order valence-corrected chi connectivity index (χ2v) is 8.95. The predicted octanol–water partition coefficient (Wildman–Crippen LogP) is 3.82. The Morgan fingerprint density at radius 2 is 1.83 bits per heavy atom. The molecule has 1 amide bonds. The van der Waals surface area contributed by atoms with Crippen LogP contribution in [0.5, 0.6) is 0 Å². The molecule has 2 aromatic heterocycles. The standard InChI is InChI=1S/C21H20N4O3S2/c1-3-12-25(13-4-2)30(27,28)18-9-7-16(8-10-18)20(26)24-21-23-19(15-29-21)17-6-5-11-22-14-17/h3-11,14-15H,1-2,12-13H2,(H,23,24,26). The quantitative estimate of drug-likeness (QED) is 0.511. The molecule has 0 saturated carbocycles. The number of sulfonamides is 1. The molecule has 3 aromatic rings. The lowest BCUT2D eigenvalue weighted by Crippen LogP contribution is -2.31. The van der Waals surface area contributed by atoms with E-state index in [1.54, 1.807) is 12.4 Å². The van der Waals surface area contributed by atoms with Crippen LogP contribution in [0.1, 0.15) is 10.4 Å². The Morgan fingerprint density at radius 1 is 1.13 bits per heavy atom. The first-order chi connectivity index (χ1) is 14.5. The maximum absolute atomic E-state index is 12.7. The van der Waals surface area contributed by atoms with Crippen LogP contribution >= 0.6 is 11.3 Å². The summed E-state index contributed by atoms with van der Waals surface area (Å²) in [6.45, 7) is 7.51. The van der Waals surface area contributed by atoms with Crippen molar-refractivity contribution >= 4 is 32.4 Å². The third-order valence-electron chi connectivity index (χ3n) is 4.10. The zero-order valence-electron chi connectivity index (χ0n) is 16.1. The summed E-state index contributed by atoms with van der Waals surface area (Å²) < 4.78 is 26.7. The third-order valence-corrected chi connectivity index (χ3v) is 6.71. The normalized spacial score (nSPS) is 11.2. The number of anilines is 1. The number of nitrogens with one attached hydrogen (secondary N) is 1. The number of amides is 1. The maximum Gasteiger partial charge on any atom is 0.257 e. The molecule has 0 unspecified atom stereocenters. The Hall–Kier alpha value is -3.14. The average Bonchev–Trinajstić information content (AvgIpc) is 3.23. The molecule has 0 atom stereocenters. The molecule has 30 heavy (non-hydrogen) atoms. The summed E-state index contributed by atoms with van der Waals surface area (Å²) in [4.78, 5) is 21.1. The summed E-state index contributed by atoms with van der Waals surface area (Å²) >= 11 is 1.30. The summed E-state index contributed by atoms with van der Waals surface area (Å²) in [5.41, 5.74) is 1.90. The van der Waals surface area contributed by atoms with Gasteiger partial charge in [0, 0.05) is 42.0 Å². The van der Waals surface area contributed by atoms with Crippen molar-refractivity contribution in [1.82, 2.24) is 14.3 Å². The lowest BCUT2D eigenvalue weighted by molar-refractivity contribution is 0.102. The highest BCUT2D eigenvalue weighted by molar-refractivity contribution is 7.89. The Bertz CT molecular complexity index is 1130. The number of hydrogen-bond acceptors (Lipinski definition) is 6. The molecule has 0 radical (unpaired) electrons. The van der Waals surface area contributed by atoms with Gasteiger partial charge in [0.15, 0.2) is 5.13 Å². The van der Waals surface area contributed by atoms with Crippen molar-refractivity contribution in [1.29, 1.82) is 0 Å². The molecule has 0 bridgehead atoms. The molecule has 0 aliphatic rings. The minimum Gasteiger partial charge on any atom is -0.298 e. The van der Waals surface area contributed by atoms with Crippen molar-refractivity contribution in [2.75, 3.05) is 18.4 Å². The lowest BCUT2D eigenvalue weighted by atomic mass is 10.2. The highest BCUT2D eigenvalue weighted by Crippen LogP contribution is 2.24. The Labute approximate surface area is 179 Å². The number of hydrogen-bond donors (Lipinski definition) is 1. The minimum atomic E-state index is -3.71. The molecule has 154 valence electrons. The number of thiazole rings is 1. The van der Waals surface area contributed by atoms with Gasteiger partial charge in [0.25, 0.3) is 5.91 Å². The van der Waals surface area contributed by atoms with Crippen LogP contribution in [-0.2, 0) is 10.0 Å². The fourth-order valence-corrected chi connectivity index (χ4v) is 4.73. The largest absolute Gasteiger partial charge is 0.298 e. The highest BCUT2D eigenvalue weighted by Gasteiger charge is 2.22. The summed E-state index contributed by atoms with van der Waals surface area (Å²) in [6, 6.07) is 9.46. The first kappa shape index (κ1) is 21.6. The fraction of sp³-hybridized carbons (Fsp3) is 0.0952. The van der Waals surface area contributed by atoms with Gasteiger partial charge in [-0.2, -0.15) is 4.31 Å². The predicted molar refractivity (Wildman–Crippen MR) is 119 cm³/mol. The van der Waals surface area contributed by atoms with Gasteiger partial charge in [0.1, 0.15) is 0 Å². The number of aromatic nitrogens is 2. The minimum absolute atomic E-state index is 0.0934. The maximum atomic E-state index is 12.7.